The van der Waals surface area contributed by atoms with Crippen molar-refractivity contribution in [3.8, 4) is 0 Å². The van der Waals surface area contributed by atoms with Crippen LogP contribution in [0.2, 0.25) is 0 Å². The molecule has 2 atom stereocenters. The Bertz CT molecular complexity index is 464. The van der Waals surface area contributed by atoms with Crippen molar-refractivity contribution in [3.05, 3.63) is 12.3 Å². The topological polar surface area (TPSA) is 79.2 Å². The minimum absolute atomic E-state index is 0.158. The first-order valence-corrected chi connectivity index (χ1v) is 7.18. The lowest BCUT2D eigenvalue weighted by Crippen LogP contribution is -2.47. The lowest BCUT2D eigenvalue weighted by Gasteiger charge is -2.28. The molecule has 112 valence electrons. The minimum Gasteiger partial charge on any atom is -0.391 e. The van der Waals surface area contributed by atoms with Crippen LogP contribution in [-0.4, -0.2) is 33.1 Å². The van der Waals surface area contributed by atoms with Gasteiger partial charge < -0.3 is 10.4 Å². The molecule has 0 saturated heterocycles. The molecule has 3 N–H and O–H groups in total. The van der Waals surface area contributed by atoms with Crippen LogP contribution in [0.1, 0.15) is 46.5 Å². The van der Waals surface area contributed by atoms with Crippen molar-refractivity contribution in [2.75, 3.05) is 5.32 Å². The van der Waals surface area contributed by atoms with Crippen molar-refractivity contribution in [2.45, 2.75) is 64.1 Å². The summed E-state index contributed by atoms with van der Waals surface area (Å²) in [7, 11) is 0. The number of anilines is 1. The summed E-state index contributed by atoms with van der Waals surface area (Å²) in [5, 5.41) is 19.7. The maximum atomic E-state index is 12.0. The average Bonchev–Trinajstić information content (AvgIpc) is 2.80. The second-order valence-electron chi connectivity index (χ2n) is 6.36. The van der Waals surface area contributed by atoms with Crippen LogP contribution in [0.25, 0.3) is 0 Å². The van der Waals surface area contributed by atoms with Gasteiger partial charge in [-0.25, -0.2) is 9.48 Å². The first-order valence-electron chi connectivity index (χ1n) is 7.18. The van der Waals surface area contributed by atoms with Gasteiger partial charge >= 0.3 is 6.03 Å². The van der Waals surface area contributed by atoms with E-state index >= 15 is 0 Å². The third-order valence-corrected chi connectivity index (χ3v) is 3.57. The number of hydrogen-bond acceptors (Lipinski definition) is 3. The average molecular weight is 280 g/mol. The van der Waals surface area contributed by atoms with E-state index in [9.17, 15) is 9.90 Å². The summed E-state index contributed by atoms with van der Waals surface area (Å²) in [4.78, 5) is 12.0. The largest absolute Gasteiger partial charge is 0.391 e. The molecule has 1 aliphatic rings. The molecule has 1 aromatic heterocycles. The molecule has 1 aliphatic carbocycles. The number of carbonyl (C=O) groups is 1. The standard InChI is InChI=1S/C14H24N4O2/c1-14(2,3)18-12(8-9-15-18)17-13(20)16-10-6-4-5-7-11(10)19/h8-11,19H,4-7H2,1-3H3,(H2,16,17,20)/t10-,11-/m0/s1. The van der Waals surface area contributed by atoms with E-state index < -0.39 is 6.10 Å². The molecule has 0 aliphatic heterocycles. The Kier molecular flexibility index (Phi) is 4.32. The number of urea groups is 1. The molecule has 0 unspecified atom stereocenters. The molecule has 6 nitrogen and oxygen atoms in total. The van der Waals surface area contributed by atoms with Crippen molar-refractivity contribution in [1.29, 1.82) is 0 Å². The van der Waals surface area contributed by atoms with Crippen molar-refractivity contribution in [2.24, 2.45) is 0 Å². The first-order chi connectivity index (χ1) is 9.38. The molecule has 0 radical (unpaired) electrons. The summed E-state index contributed by atoms with van der Waals surface area (Å²) < 4.78 is 1.77. The van der Waals surface area contributed by atoms with Crippen LogP contribution in [0.3, 0.4) is 0 Å². The Morgan fingerprint density at radius 3 is 2.75 bits per heavy atom. The lowest BCUT2D eigenvalue weighted by atomic mass is 9.93. The van der Waals surface area contributed by atoms with E-state index in [-0.39, 0.29) is 17.6 Å². The zero-order valence-electron chi connectivity index (χ0n) is 12.4. The molecule has 20 heavy (non-hydrogen) atoms. The molecule has 6 heteroatoms. The van der Waals surface area contributed by atoms with Crippen LogP contribution in [0.15, 0.2) is 12.3 Å². The zero-order chi connectivity index (χ0) is 14.8. The highest BCUT2D eigenvalue weighted by Gasteiger charge is 2.25. The number of hydrogen-bond donors (Lipinski definition) is 3. The number of amides is 2. The number of aliphatic hydroxyl groups excluding tert-OH is 1. The molecule has 1 heterocycles. The normalized spacial score (nSPS) is 23.4. The Morgan fingerprint density at radius 2 is 2.10 bits per heavy atom. The predicted octanol–water partition coefficient (Wildman–Crippen LogP) is 2.06. The SMILES string of the molecule is CC(C)(C)n1nccc1NC(=O)N[C@H]1CCCC[C@@H]1O. The van der Waals surface area contributed by atoms with Gasteiger partial charge in [-0.15, -0.1) is 0 Å². The quantitative estimate of drug-likeness (QED) is 0.776. The van der Waals surface area contributed by atoms with Crippen LogP contribution in [0.5, 0.6) is 0 Å². The Labute approximate surface area is 119 Å². The summed E-state index contributed by atoms with van der Waals surface area (Å²) in [5.41, 5.74) is -0.198. The summed E-state index contributed by atoms with van der Waals surface area (Å²) in [6.45, 7) is 6.07. The van der Waals surface area contributed by atoms with E-state index in [4.69, 9.17) is 0 Å². The third-order valence-electron chi connectivity index (χ3n) is 3.57. The van der Waals surface area contributed by atoms with Crippen molar-refractivity contribution in [1.82, 2.24) is 15.1 Å². The Morgan fingerprint density at radius 1 is 1.40 bits per heavy atom. The predicted molar refractivity (Wildman–Crippen MR) is 77.6 cm³/mol. The summed E-state index contributed by atoms with van der Waals surface area (Å²) >= 11 is 0. The number of aliphatic hydroxyl groups is 1. The van der Waals surface area contributed by atoms with Gasteiger partial charge in [-0.05, 0) is 33.6 Å². The number of carbonyl (C=O) groups excluding carboxylic acids is 1. The number of nitrogens with one attached hydrogen (secondary N) is 2. The van der Waals surface area contributed by atoms with Crippen LogP contribution in [-0.2, 0) is 5.54 Å². The number of nitrogens with zero attached hydrogens (tertiary/aromatic N) is 2. The van der Waals surface area contributed by atoms with Crippen LogP contribution >= 0.6 is 0 Å². The van der Waals surface area contributed by atoms with Crippen LogP contribution in [0.4, 0.5) is 10.6 Å². The van der Waals surface area contributed by atoms with Gasteiger partial charge in [0.1, 0.15) is 5.82 Å². The number of rotatable bonds is 2. The van der Waals surface area contributed by atoms with Crippen molar-refractivity contribution in [3.63, 3.8) is 0 Å². The van der Waals surface area contributed by atoms with Crippen LogP contribution < -0.4 is 10.6 Å². The maximum Gasteiger partial charge on any atom is 0.320 e. The molecule has 0 bridgehead atoms. The lowest BCUT2D eigenvalue weighted by molar-refractivity contribution is 0.0955. The van der Waals surface area contributed by atoms with Crippen LogP contribution in [0, 0.1) is 0 Å². The fourth-order valence-corrected chi connectivity index (χ4v) is 2.53. The van der Waals surface area contributed by atoms with E-state index in [0.29, 0.717) is 5.82 Å². The van der Waals surface area contributed by atoms with Gasteiger partial charge in [0, 0.05) is 6.07 Å². The number of aromatic nitrogens is 2. The minimum atomic E-state index is -0.443. The highest BCUT2D eigenvalue weighted by Crippen LogP contribution is 2.20. The summed E-state index contributed by atoms with van der Waals surface area (Å²) in [6, 6.07) is 1.32. The van der Waals surface area contributed by atoms with Gasteiger partial charge in [0.25, 0.3) is 0 Å². The summed E-state index contributed by atoms with van der Waals surface area (Å²) in [6.07, 6.45) is 4.87. The van der Waals surface area contributed by atoms with Crippen molar-refractivity contribution >= 4 is 11.8 Å². The van der Waals surface area contributed by atoms with Gasteiger partial charge in [-0.1, -0.05) is 12.8 Å². The second kappa shape index (κ2) is 5.83. The maximum absolute atomic E-state index is 12.0. The Hall–Kier alpha value is -1.56. The van der Waals surface area contributed by atoms with Gasteiger partial charge in [0.05, 0.1) is 23.9 Å². The fraction of sp³-hybridized carbons (Fsp3) is 0.714. The molecule has 2 rings (SSSR count). The molecule has 1 aromatic rings. The zero-order valence-corrected chi connectivity index (χ0v) is 12.4. The van der Waals surface area contributed by atoms with E-state index in [1.54, 1.807) is 16.9 Å². The molecular formula is C14H24N4O2. The fourth-order valence-electron chi connectivity index (χ4n) is 2.53. The molecule has 0 aromatic carbocycles. The van der Waals surface area contributed by atoms with E-state index in [1.807, 2.05) is 20.8 Å². The first kappa shape index (κ1) is 14.8. The molecule has 0 spiro atoms. The summed E-state index contributed by atoms with van der Waals surface area (Å²) in [5.74, 6) is 0.653. The van der Waals surface area contributed by atoms with E-state index in [2.05, 4.69) is 15.7 Å². The molecule has 2 amide bonds. The van der Waals surface area contributed by atoms with E-state index in [1.165, 1.54) is 0 Å². The molecular weight excluding hydrogens is 256 g/mol. The molecule has 1 saturated carbocycles. The van der Waals surface area contributed by atoms with Gasteiger partial charge in [0.15, 0.2) is 0 Å². The highest BCUT2D eigenvalue weighted by molar-refractivity contribution is 5.88. The van der Waals surface area contributed by atoms with Gasteiger partial charge in [-0.2, -0.15) is 5.10 Å². The Balaban J connectivity index is 1.96. The third kappa shape index (κ3) is 3.50. The van der Waals surface area contributed by atoms with Gasteiger partial charge in [0.2, 0.25) is 0 Å². The monoisotopic (exact) mass is 280 g/mol. The highest BCUT2D eigenvalue weighted by atomic mass is 16.3. The van der Waals surface area contributed by atoms with Gasteiger partial charge in [-0.3, -0.25) is 5.32 Å². The smallest absolute Gasteiger partial charge is 0.320 e. The molecule has 1 fully saturated rings. The van der Waals surface area contributed by atoms with E-state index in [0.717, 1.165) is 25.7 Å². The second-order valence-corrected chi connectivity index (χ2v) is 6.36. The van der Waals surface area contributed by atoms with Crippen molar-refractivity contribution < 1.29 is 9.90 Å².